The van der Waals surface area contributed by atoms with Crippen LogP contribution in [0.1, 0.15) is 15.9 Å². The zero-order chi connectivity index (χ0) is 18.0. The van der Waals surface area contributed by atoms with Gasteiger partial charge in [0.05, 0.1) is 23.3 Å². The number of hydrogen-bond donors (Lipinski definition) is 1. The van der Waals surface area contributed by atoms with Gasteiger partial charge in [0.25, 0.3) is 5.91 Å². The van der Waals surface area contributed by atoms with E-state index in [2.05, 4.69) is 10.4 Å². The number of carbonyl (C=O) groups is 1. The molecule has 1 aromatic heterocycles. The molecule has 0 saturated heterocycles. The van der Waals surface area contributed by atoms with Crippen molar-refractivity contribution in [1.29, 1.82) is 0 Å². The lowest BCUT2D eigenvalue weighted by atomic mass is 10.2. The number of aromatic nitrogens is 2. The molecule has 0 saturated carbocycles. The van der Waals surface area contributed by atoms with Gasteiger partial charge in [-0.3, -0.25) is 4.79 Å². The number of nitrogens with zero attached hydrogens (tertiary/aromatic N) is 2. The van der Waals surface area contributed by atoms with Crippen molar-refractivity contribution in [1.82, 2.24) is 9.78 Å². The molecule has 0 aliphatic rings. The second-order valence-electron chi connectivity index (χ2n) is 5.20. The normalized spacial score (nSPS) is 10.7. The Labute approximate surface area is 145 Å². The predicted octanol–water partition coefficient (Wildman–Crippen LogP) is 4.25. The maximum absolute atomic E-state index is 13.7. The average molecular weight is 366 g/mol. The molecule has 1 N–H and O–H groups in total. The molecule has 3 aromatic rings. The molecule has 0 atom stereocenters. The lowest BCUT2D eigenvalue weighted by Gasteiger charge is -2.10. The van der Waals surface area contributed by atoms with E-state index in [1.807, 2.05) is 0 Å². The highest BCUT2D eigenvalue weighted by molar-refractivity contribution is 6.30. The summed E-state index contributed by atoms with van der Waals surface area (Å²) in [7, 11) is 0. The Morgan fingerprint density at radius 3 is 2.64 bits per heavy atom. The first-order valence-corrected chi connectivity index (χ1v) is 7.54. The minimum atomic E-state index is -0.843. The molecule has 0 radical (unpaired) electrons. The molecule has 3 rings (SSSR count). The second-order valence-corrected chi connectivity index (χ2v) is 5.61. The van der Waals surface area contributed by atoms with Crippen molar-refractivity contribution >= 4 is 23.3 Å². The highest BCUT2D eigenvalue weighted by atomic mass is 35.5. The van der Waals surface area contributed by atoms with Crippen LogP contribution in [0, 0.1) is 17.5 Å². The van der Waals surface area contributed by atoms with Crippen molar-refractivity contribution < 1.29 is 18.0 Å². The number of benzene rings is 2. The number of amides is 1. The smallest absolute Gasteiger partial charge is 0.259 e. The molecule has 128 valence electrons. The monoisotopic (exact) mass is 365 g/mol. The van der Waals surface area contributed by atoms with Gasteiger partial charge in [0.15, 0.2) is 0 Å². The fraction of sp³-hybridized carbons (Fsp3) is 0.0588. The molecule has 0 fully saturated rings. The second kappa shape index (κ2) is 6.98. The van der Waals surface area contributed by atoms with Gasteiger partial charge in [-0.05, 0) is 35.9 Å². The lowest BCUT2D eigenvalue weighted by Crippen LogP contribution is -2.17. The van der Waals surface area contributed by atoms with Crippen LogP contribution < -0.4 is 5.32 Å². The summed E-state index contributed by atoms with van der Waals surface area (Å²) in [6, 6.07) is 8.37. The lowest BCUT2D eigenvalue weighted by molar-refractivity contribution is 0.102. The molecule has 1 amide bonds. The zero-order valence-corrected chi connectivity index (χ0v) is 13.4. The van der Waals surface area contributed by atoms with Crippen molar-refractivity contribution in [3.63, 3.8) is 0 Å². The molecule has 0 spiro atoms. The van der Waals surface area contributed by atoms with Gasteiger partial charge < -0.3 is 5.32 Å². The molecule has 8 heteroatoms. The summed E-state index contributed by atoms with van der Waals surface area (Å²) in [6.45, 7) is 0.155. The van der Waals surface area contributed by atoms with Crippen LogP contribution in [0.5, 0.6) is 0 Å². The molecule has 0 aliphatic carbocycles. The average Bonchev–Trinajstić information content (AvgIpc) is 3.00. The minimum absolute atomic E-state index is 0.000629. The maximum atomic E-state index is 13.7. The van der Waals surface area contributed by atoms with Gasteiger partial charge in [0, 0.05) is 6.07 Å². The van der Waals surface area contributed by atoms with Gasteiger partial charge in [0.2, 0.25) is 0 Å². The highest BCUT2D eigenvalue weighted by Crippen LogP contribution is 2.18. The van der Waals surface area contributed by atoms with Crippen molar-refractivity contribution in [2.75, 3.05) is 5.32 Å². The Morgan fingerprint density at radius 2 is 1.88 bits per heavy atom. The maximum Gasteiger partial charge on any atom is 0.259 e. The van der Waals surface area contributed by atoms with E-state index in [1.54, 1.807) is 6.07 Å². The summed E-state index contributed by atoms with van der Waals surface area (Å²) in [5.74, 6) is -2.70. The van der Waals surface area contributed by atoms with Gasteiger partial charge in [-0.2, -0.15) is 5.10 Å². The summed E-state index contributed by atoms with van der Waals surface area (Å²) in [5.41, 5.74) is 0.142. The van der Waals surface area contributed by atoms with E-state index in [9.17, 15) is 18.0 Å². The predicted molar refractivity (Wildman–Crippen MR) is 87.1 cm³/mol. The first-order valence-electron chi connectivity index (χ1n) is 7.16. The van der Waals surface area contributed by atoms with Crippen LogP contribution in [0.15, 0.2) is 48.7 Å². The largest absolute Gasteiger partial charge is 0.307 e. The highest BCUT2D eigenvalue weighted by Gasteiger charge is 2.15. The number of hydrogen-bond acceptors (Lipinski definition) is 2. The summed E-state index contributed by atoms with van der Waals surface area (Å²) < 4.78 is 41.8. The summed E-state index contributed by atoms with van der Waals surface area (Å²) >= 11 is 5.64. The van der Waals surface area contributed by atoms with Crippen LogP contribution >= 0.6 is 11.6 Å². The quantitative estimate of drug-likeness (QED) is 0.751. The third-order valence-corrected chi connectivity index (χ3v) is 3.75. The third kappa shape index (κ3) is 3.83. The van der Waals surface area contributed by atoms with Crippen LogP contribution in [0.3, 0.4) is 0 Å². The van der Waals surface area contributed by atoms with E-state index in [0.29, 0.717) is 5.56 Å². The van der Waals surface area contributed by atoms with E-state index in [0.717, 1.165) is 18.2 Å². The Hall–Kier alpha value is -2.80. The minimum Gasteiger partial charge on any atom is -0.307 e. The summed E-state index contributed by atoms with van der Waals surface area (Å²) in [6.07, 6.45) is 1.42. The van der Waals surface area contributed by atoms with E-state index in [1.165, 1.54) is 29.1 Å². The van der Waals surface area contributed by atoms with E-state index in [4.69, 9.17) is 11.6 Å². The number of anilines is 1. The number of rotatable bonds is 4. The van der Waals surface area contributed by atoms with Crippen LogP contribution in [-0.2, 0) is 6.54 Å². The van der Waals surface area contributed by atoms with Gasteiger partial charge in [-0.25, -0.2) is 17.9 Å². The van der Waals surface area contributed by atoms with Gasteiger partial charge in [-0.1, -0.05) is 17.7 Å². The van der Waals surface area contributed by atoms with E-state index in [-0.39, 0.29) is 17.4 Å². The molecule has 1 heterocycles. The standard InChI is InChI=1S/C17H11ClF3N3O/c18-13-3-1-10(7-15(13)21)9-24-16(5-6-22-24)23-17(25)12-8-11(19)2-4-14(12)20/h1-8H,9H2,(H,23,25). The third-order valence-electron chi connectivity index (χ3n) is 3.45. The Balaban J connectivity index is 1.80. The molecule has 0 aliphatic heterocycles. The van der Waals surface area contributed by atoms with Crippen molar-refractivity contribution in [2.45, 2.75) is 6.54 Å². The molecular weight excluding hydrogens is 355 g/mol. The van der Waals surface area contributed by atoms with Crippen molar-refractivity contribution in [3.05, 3.63) is 82.3 Å². The van der Waals surface area contributed by atoms with E-state index < -0.39 is 28.9 Å². The van der Waals surface area contributed by atoms with Gasteiger partial charge >= 0.3 is 0 Å². The Kier molecular flexibility index (Phi) is 4.76. The SMILES string of the molecule is O=C(Nc1ccnn1Cc1ccc(Cl)c(F)c1)c1cc(F)ccc1F. The summed E-state index contributed by atoms with van der Waals surface area (Å²) in [4.78, 5) is 12.2. The fourth-order valence-electron chi connectivity index (χ4n) is 2.23. The zero-order valence-electron chi connectivity index (χ0n) is 12.6. The molecule has 25 heavy (non-hydrogen) atoms. The molecule has 0 bridgehead atoms. The van der Waals surface area contributed by atoms with Crippen LogP contribution in [0.25, 0.3) is 0 Å². The van der Waals surface area contributed by atoms with Crippen molar-refractivity contribution in [2.24, 2.45) is 0 Å². The van der Waals surface area contributed by atoms with Crippen LogP contribution in [0.4, 0.5) is 19.0 Å². The van der Waals surface area contributed by atoms with Gasteiger partial charge in [-0.15, -0.1) is 0 Å². The topological polar surface area (TPSA) is 46.9 Å². The molecule has 2 aromatic carbocycles. The van der Waals surface area contributed by atoms with Gasteiger partial charge in [0.1, 0.15) is 23.3 Å². The molecular formula is C17H11ClF3N3O. The number of carbonyl (C=O) groups excluding carboxylic acids is 1. The first-order chi connectivity index (χ1) is 11.9. The first kappa shape index (κ1) is 17.0. The van der Waals surface area contributed by atoms with Crippen molar-refractivity contribution in [3.8, 4) is 0 Å². The number of halogens is 4. The molecule has 4 nitrogen and oxygen atoms in total. The summed E-state index contributed by atoms with van der Waals surface area (Å²) in [5, 5.41) is 6.48. The Bertz CT molecular complexity index is 943. The van der Waals surface area contributed by atoms with E-state index >= 15 is 0 Å². The fourth-order valence-corrected chi connectivity index (χ4v) is 2.35. The van der Waals surface area contributed by atoms with Crippen LogP contribution in [-0.4, -0.2) is 15.7 Å². The van der Waals surface area contributed by atoms with Crippen LogP contribution in [0.2, 0.25) is 5.02 Å². The molecule has 0 unspecified atom stereocenters. The Morgan fingerprint density at radius 1 is 1.08 bits per heavy atom. The number of nitrogens with one attached hydrogen (secondary N) is 1.